The van der Waals surface area contributed by atoms with Crippen molar-refractivity contribution in [3.63, 3.8) is 0 Å². The molecule has 0 aromatic heterocycles. The number of hydrogen-bond acceptors (Lipinski definition) is 12. The van der Waals surface area contributed by atoms with Crippen molar-refractivity contribution in [3.05, 3.63) is 23.3 Å². The number of ether oxygens (including phenoxy) is 6. The van der Waals surface area contributed by atoms with Crippen LogP contribution in [-0.2, 0) is 28.4 Å². The molecule has 0 spiro atoms. The molecule has 1 rings (SSSR count). The Morgan fingerprint density at radius 3 is 1.29 bits per heavy atom. The molecule has 0 saturated heterocycles. The van der Waals surface area contributed by atoms with Crippen LogP contribution in [0.4, 0.5) is 11.4 Å². The Morgan fingerprint density at radius 1 is 0.676 bits per heavy atom. The molecule has 1 aromatic carbocycles. The van der Waals surface area contributed by atoms with Gasteiger partial charge < -0.3 is 39.1 Å². The predicted molar refractivity (Wildman–Crippen MR) is 128 cm³/mol. The minimum Gasteiger partial charge on any atom is -0.460 e. The SMILES string of the molecule is CC.CNc1ccc(NC)c(C(=O)OCCOCCOC)c1C(=O)OCCOCCOC.OO. The summed E-state index contributed by atoms with van der Waals surface area (Å²) in [6.45, 7) is 6.21. The van der Waals surface area contributed by atoms with Gasteiger partial charge in [-0.1, -0.05) is 13.8 Å². The molecule has 198 valence electrons. The van der Waals surface area contributed by atoms with Gasteiger partial charge in [0.25, 0.3) is 0 Å². The zero-order chi connectivity index (χ0) is 26.2. The van der Waals surface area contributed by atoms with E-state index in [1.165, 1.54) is 0 Å². The Morgan fingerprint density at radius 2 is 1.00 bits per heavy atom. The lowest BCUT2D eigenvalue weighted by Gasteiger charge is -2.17. The van der Waals surface area contributed by atoms with Crippen LogP contribution in [0.3, 0.4) is 0 Å². The van der Waals surface area contributed by atoms with Crippen molar-refractivity contribution < 1.29 is 48.5 Å². The maximum atomic E-state index is 12.7. The quantitative estimate of drug-likeness (QED) is 0.116. The number of rotatable bonds is 16. The van der Waals surface area contributed by atoms with E-state index < -0.39 is 11.9 Å². The van der Waals surface area contributed by atoms with E-state index in [9.17, 15) is 9.59 Å². The highest BCUT2D eigenvalue weighted by Crippen LogP contribution is 2.28. The van der Waals surface area contributed by atoms with Crippen molar-refractivity contribution >= 4 is 23.3 Å². The van der Waals surface area contributed by atoms with Crippen molar-refractivity contribution in [3.8, 4) is 0 Å². The largest absolute Gasteiger partial charge is 0.460 e. The molecule has 0 aliphatic rings. The molecule has 0 atom stereocenters. The van der Waals surface area contributed by atoms with E-state index in [0.29, 0.717) is 37.8 Å². The Labute approximate surface area is 201 Å². The van der Waals surface area contributed by atoms with Gasteiger partial charge >= 0.3 is 11.9 Å². The van der Waals surface area contributed by atoms with Gasteiger partial charge in [-0.2, -0.15) is 0 Å². The molecule has 0 heterocycles. The van der Waals surface area contributed by atoms with Gasteiger partial charge in [-0.3, -0.25) is 10.5 Å². The number of anilines is 2. The van der Waals surface area contributed by atoms with Crippen molar-refractivity contribution in [1.29, 1.82) is 0 Å². The summed E-state index contributed by atoms with van der Waals surface area (Å²) >= 11 is 0. The fourth-order valence-electron chi connectivity index (χ4n) is 2.46. The Bertz CT molecular complexity index is 604. The third kappa shape index (κ3) is 13.3. The van der Waals surface area contributed by atoms with Crippen LogP contribution in [0.25, 0.3) is 0 Å². The van der Waals surface area contributed by atoms with Gasteiger partial charge in [-0.05, 0) is 12.1 Å². The van der Waals surface area contributed by atoms with Crippen molar-refractivity contribution in [2.45, 2.75) is 13.8 Å². The molecule has 0 aliphatic carbocycles. The maximum absolute atomic E-state index is 12.7. The molecule has 12 nitrogen and oxygen atoms in total. The molecule has 0 saturated carbocycles. The van der Waals surface area contributed by atoms with Gasteiger partial charge in [0, 0.05) is 39.7 Å². The van der Waals surface area contributed by atoms with Crippen LogP contribution >= 0.6 is 0 Å². The third-order valence-electron chi connectivity index (χ3n) is 3.94. The fraction of sp³-hybridized carbons (Fsp3) is 0.636. The number of methoxy groups -OCH3 is 2. The first-order valence-electron chi connectivity index (χ1n) is 10.8. The minimum atomic E-state index is -0.657. The van der Waals surface area contributed by atoms with Crippen LogP contribution in [0.5, 0.6) is 0 Å². The molecular weight excluding hydrogens is 452 g/mol. The topological polar surface area (TPSA) is 154 Å². The first-order chi connectivity index (χ1) is 16.6. The van der Waals surface area contributed by atoms with Gasteiger partial charge in [-0.15, -0.1) is 0 Å². The van der Waals surface area contributed by atoms with E-state index in [2.05, 4.69) is 10.6 Å². The monoisotopic (exact) mass is 492 g/mol. The molecular formula is C22H40N2O10. The van der Waals surface area contributed by atoms with E-state index in [1.54, 1.807) is 40.4 Å². The summed E-state index contributed by atoms with van der Waals surface area (Å²) < 4.78 is 30.9. The highest BCUT2D eigenvalue weighted by atomic mass is 17.0. The number of esters is 2. The van der Waals surface area contributed by atoms with Gasteiger partial charge in [0.05, 0.1) is 50.8 Å². The van der Waals surface area contributed by atoms with Crippen LogP contribution in [0, 0.1) is 0 Å². The molecule has 12 heteroatoms. The number of nitrogens with one attached hydrogen (secondary N) is 2. The fourth-order valence-corrected chi connectivity index (χ4v) is 2.46. The Balaban J connectivity index is 0. The van der Waals surface area contributed by atoms with E-state index in [0.717, 1.165) is 0 Å². The Kier molecular flexibility index (Phi) is 23.5. The van der Waals surface area contributed by atoms with Gasteiger partial charge in [0.1, 0.15) is 13.2 Å². The summed E-state index contributed by atoms with van der Waals surface area (Å²) in [4.78, 5) is 25.5. The molecule has 0 fully saturated rings. The number of benzene rings is 1. The summed E-state index contributed by atoms with van der Waals surface area (Å²) in [5, 5.41) is 17.8. The standard InChI is InChI=1S/C20H32N2O8.C2H6.H2O2/c1-21-15-5-6-16(22-2)18(20(24)30-14-12-28-10-8-26-4)17(15)19(23)29-13-11-27-9-7-25-3;2*1-2/h5-6,21-22H,7-14H2,1-4H3;1-2H3;1-2H. The number of carbonyl (C=O) groups excluding carboxylic acids is 2. The van der Waals surface area contributed by atoms with Crippen molar-refractivity contribution in [2.75, 3.05) is 91.8 Å². The minimum absolute atomic E-state index is 0.0390. The second-order valence-corrected chi connectivity index (χ2v) is 5.89. The van der Waals surface area contributed by atoms with Crippen LogP contribution in [0.2, 0.25) is 0 Å². The van der Waals surface area contributed by atoms with Crippen LogP contribution < -0.4 is 10.6 Å². The Hall–Kier alpha value is -2.48. The maximum Gasteiger partial charge on any atom is 0.341 e. The van der Waals surface area contributed by atoms with E-state index in [-0.39, 0.29) is 37.6 Å². The lowest BCUT2D eigenvalue weighted by molar-refractivity contribution is -0.176. The number of carbonyl (C=O) groups is 2. The molecule has 0 radical (unpaired) electrons. The van der Waals surface area contributed by atoms with E-state index in [1.807, 2.05) is 13.8 Å². The zero-order valence-electron chi connectivity index (χ0n) is 21.0. The molecule has 0 aliphatic heterocycles. The van der Waals surface area contributed by atoms with Crippen LogP contribution in [0.1, 0.15) is 34.6 Å². The lowest BCUT2D eigenvalue weighted by atomic mass is 10.0. The van der Waals surface area contributed by atoms with Crippen molar-refractivity contribution in [1.82, 2.24) is 0 Å². The summed E-state index contributed by atoms with van der Waals surface area (Å²) in [5.41, 5.74) is 1.07. The first kappa shape index (κ1) is 33.7. The van der Waals surface area contributed by atoms with Gasteiger partial charge in [-0.25, -0.2) is 9.59 Å². The molecule has 0 amide bonds. The third-order valence-corrected chi connectivity index (χ3v) is 3.94. The predicted octanol–water partition coefficient (Wildman–Crippen LogP) is 2.45. The molecule has 4 N–H and O–H groups in total. The summed E-state index contributed by atoms with van der Waals surface area (Å²) in [6, 6.07) is 3.37. The summed E-state index contributed by atoms with van der Waals surface area (Å²) in [7, 11) is 6.45. The van der Waals surface area contributed by atoms with Crippen LogP contribution in [0.15, 0.2) is 12.1 Å². The average Bonchev–Trinajstić information content (AvgIpc) is 2.89. The van der Waals surface area contributed by atoms with Crippen molar-refractivity contribution in [2.24, 2.45) is 0 Å². The molecule has 34 heavy (non-hydrogen) atoms. The highest BCUT2D eigenvalue weighted by Gasteiger charge is 2.26. The van der Waals surface area contributed by atoms with Crippen LogP contribution in [-0.4, -0.2) is 104 Å². The normalized spacial score (nSPS) is 9.65. The number of hydrogen-bond donors (Lipinski definition) is 4. The lowest BCUT2D eigenvalue weighted by Crippen LogP contribution is -2.21. The highest BCUT2D eigenvalue weighted by molar-refractivity contribution is 6.10. The zero-order valence-corrected chi connectivity index (χ0v) is 21.0. The van der Waals surface area contributed by atoms with E-state index in [4.69, 9.17) is 38.9 Å². The molecule has 1 aromatic rings. The first-order valence-corrected chi connectivity index (χ1v) is 10.8. The summed E-state index contributed by atoms with van der Waals surface area (Å²) in [5.74, 6) is -1.31. The summed E-state index contributed by atoms with van der Waals surface area (Å²) in [6.07, 6.45) is 0. The smallest absolute Gasteiger partial charge is 0.341 e. The van der Waals surface area contributed by atoms with E-state index >= 15 is 0 Å². The molecule has 0 bridgehead atoms. The second-order valence-electron chi connectivity index (χ2n) is 5.89. The second kappa shape index (κ2) is 23.7. The van der Waals surface area contributed by atoms with Gasteiger partial charge in [0.2, 0.25) is 0 Å². The average molecular weight is 493 g/mol. The molecule has 0 unspecified atom stereocenters. The van der Waals surface area contributed by atoms with Gasteiger partial charge in [0.15, 0.2) is 0 Å².